The molecule has 3 aromatic carbocycles. The number of nitro benzene ring substituents is 1. The van der Waals surface area contributed by atoms with Crippen LogP contribution in [-0.2, 0) is 16.1 Å². The number of hydrogen-bond acceptors (Lipinski definition) is 8. The van der Waals surface area contributed by atoms with E-state index in [9.17, 15) is 24.8 Å². The van der Waals surface area contributed by atoms with Crippen molar-refractivity contribution in [1.82, 2.24) is 5.01 Å². The van der Waals surface area contributed by atoms with Gasteiger partial charge in [0.1, 0.15) is 6.04 Å². The summed E-state index contributed by atoms with van der Waals surface area (Å²) in [6.07, 6.45) is 6.95. The minimum Gasteiger partial charge on any atom is -0.390 e. The normalized spacial score (nSPS) is 27.4. The molecule has 2 heterocycles. The summed E-state index contributed by atoms with van der Waals surface area (Å²) in [6, 6.07) is 21.2. The number of benzene rings is 3. The van der Waals surface area contributed by atoms with Crippen molar-refractivity contribution in [2.45, 2.75) is 57.3 Å². The number of hydrazine groups is 1. The number of hydrogen-bond donors (Lipinski definition) is 3. The lowest BCUT2D eigenvalue weighted by molar-refractivity contribution is -0.384. The molecule has 8 rings (SSSR count). The van der Waals surface area contributed by atoms with Gasteiger partial charge in [0.25, 0.3) is 11.6 Å². The van der Waals surface area contributed by atoms with Crippen molar-refractivity contribution in [3.05, 3.63) is 124 Å². The Kier molecular flexibility index (Phi) is 7.82. The maximum absolute atomic E-state index is 14.3. The summed E-state index contributed by atoms with van der Waals surface area (Å²) in [7, 11) is 0. The first-order chi connectivity index (χ1) is 22.6. The van der Waals surface area contributed by atoms with Gasteiger partial charge in [0.2, 0.25) is 5.91 Å². The minimum atomic E-state index is -0.993. The Labute approximate surface area is 273 Å². The average Bonchev–Trinajstić information content (AvgIpc) is 3.34. The fraction of sp³-hybridized carbons (Fsp3) is 0.351. The van der Waals surface area contributed by atoms with E-state index in [0.717, 1.165) is 24.0 Å². The molecule has 2 aliphatic heterocycles. The lowest BCUT2D eigenvalue weighted by Crippen LogP contribution is -2.58. The highest BCUT2D eigenvalue weighted by molar-refractivity contribution is 6.24. The molecule has 3 aromatic rings. The quantitative estimate of drug-likeness (QED) is 0.125. The van der Waals surface area contributed by atoms with Crippen molar-refractivity contribution in [3.63, 3.8) is 0 Å². The van der Waals surface area contributed by atoms with E-state index in [1.807, 2.05) is 36.4 Å². The van der Waals surface area contributed by atoms with Crippen LogP contribution in [0, 0.1) is 33.3 Å². The van der Waals surface area contributed by atoms with Gasteiger partial charge in [-0.05, 0) is 65.5 Å². The second-order valence-corrected chi connectivity index (χ2v) is 13.7. The fourth-order valence-electron chi connectivity index (χ4n) is 7.95. The zero-order valence-corrected chi connectivity index (χ0v) is 26.4. The lowest BCUT2D eigenvalue weighted by Gasteiger charge is -2.56. The number of nitrogens with one attached hydrogen (secondary N) is 1. The summed E-state index contributed by atoms with van der Waals surface area (Å²) in [6.45, 7) is 4.95. The topological polar surface area (TPSA) is 142 Å². The highest BCUT2D eigenvalue weighted by Gasteiger charge is 2.56. The predicted octanol–water partition coefficient (Wildman–Crippen LogP) is 5.32. The van der Waals surface area contributed by atoms with Gasteiger partial charge in [-0.25, -0.2) is 9.91 Å². The molecule has 10 nitrogen and oxygen atoms in total. The van der Waals surface area contributed by atoms with E-state index in [-0.39, 0.29) is 22.9 Å². The van der Waals surface area contributed by atoms with Crippen LogP contribution in [0.15, 0.2) is 103 Å². The molecule has 47 heavy (non-hydrogen) atoms. The second-order valence-electron chi connectivity index (χ2n) is 13.7. The Morgan fingerprint density at radius 3 is 2.30 bits per heavy atom. The van der Waals surface area contributed by atoms with Crippen LogP contribution >= 0.6 is 0 Å². The van der Waals surface area contributed by atoms with Crippen LogP contribution in [0.5, 0.6) is 0 Å². The van der Waals surface area contributed by atoms with Crippen LogP contribution in [0.1, 0.15) is 43.7 Å². The number of nitrogens with zero attached hydrogens (tertiary/aromatic N) is 3. The number of fused-ring (bicyclic) bond motifs is 2. The van der Waals surface area contributed by atoms with E-state index in [2.05, 4.69) is 25.3 Å². The summed E-state index contributed by atoms with van der Waals surface area (Å²) >= 11 is 0. The largest absolute Gasteiger partial charge is 0.390 e. The molecular formula is C37H39N5O5. The minimum absolute atomic E-state index is 0.0716. The summed E-state index contributed by atoms with van der Waals surface area (Å²) in [5.41, 5.74) is 13.2. The number of anilines is 2. The summed E-state index contributed by atoms with van der Waals surface area (Å²) in [4.78, 5) is 40.2. The Morgan fingerprint density at radius 2 is 1.70 bits per heavy atom. The van der Waals surface area contributed by atoms with Gasteiger partial charge in [-0.2, -0.15) is 0 Å². The van der Waals surface area contributed by atoms with Gasteiger partial charge in [-0.3, -0.25) is 19.7 Å². The van der Waals surface area contributed by atoms with Crippen molar-refractivity contribution >= 4 is 28.9 Å². The van der Waals surface area contributed by atoms with Gasteiger partial charge in [0, 0.05) is 30.3 Å². The van der Waals surface area contributed by atoms with Crippen molar-refractivity contribution in [3.8, 4) is 0 Å². The van der Waals surface area contributed by atoms with Crippen LogP contribution in [-0.4, -0.2) is 45.0 Å². The molecule has 2 amide bonds. The number of nitrogens with two attached hydrogens (primary N) is 1. The van der Waals surface area contributed by atoms with Crippen molar-refractivity contribution in [2.24, 2.45) is 28.9 Å². The maximum atomic E-state index is 14.3. The molecule has 3 aliphatic carbocycles. The number of carbonyl (C=O) groups excluding carboxylic acids is 2. The summed E-state index contributed by atoms with van der Waals surface area (Å²) in [5.74, 6) is -0.978. The number of amides is 2. The second kappa shape index (κ2) is 11.9. The highest BCUT2D eigenvalue weighted by atomic mass is 16.6. The van der Waals surface area contributed by atoms with Gasteiger partial charge in [-0.1, -0.05) is 80.1 Å². The number of non-ortho nitro benzene ring substituents is 1. The standard InChI is InChI=1S/C37H39N5O5/c1-37(2)25-18-24(19-26(37)20-25)32(23-6-4-3-5-7-23)34(43)31-17-16-30-33(41(31)39-27-10-14-29(15-11-27)42(46)47)36(45)40(35(30)44)28-12-8-22(21-38)9-13-28/h3-18,25-26,30-34,39,43H,19-21,38H2,1-2H3/t25?,26?,30?,31?,32?,33-,34+/m0/s1. The van der Waals surface area contributed by atoms with E-state index in [0.29, 0.717) is 29.8 Å². The first kappa shape index (κ1) is 31.0. The maximum Gasteiger partial charge on any atom is 0.269 e. The van der Waals surface area contributed by atoms with Crippen LogP contribution in [0.4, 0.5) is 17.1 Å². The van der Waals surface area contributed by atoms with Crippen LogP contribution in [0.2, 0.25) is 0 Å². The van der Waals surface area contributed by atoms with Crippen LogP contribution in [0.3, 0.4) is 0 Å². The molecular weight excluding hydrogens is 594 g/mol. The van der Waals surface area contributed by atoms with E-state index < -0.39 is 34.9 Å². The van der Waals surface area contributed by atoms with E-state index in [1.165, 1.54) is 22.6 Å². The molecule has 10 heteroatoms. The highest BCUT2D eigenvalue weighted by Crippen LogP contribution is 2.60. The molecule has 5 unspecified atom stereocenters. The van der Waals surface area contributed by atoms with Gasteiger partial charge >= 0.3 is 0 Å². The summed E-state index contributed by atoms with van der Waals surface area (Å²) < 4.78 is 0. The third-order valence-electron chi connectivity index (χ3n) is 10.9. The number of carbonyl (C=O) groups is 2. The molecule has 1 saturated carbocycles. The Balaban J connectivity index is 1.28. The molecule has 242 valence electrons. The third-order valence-corrected chi connectivity index (χ3v) is 10.9. The molecule has 0 aromatic heterocycles. The molecule has 1 saturated heterocycles. The Hall–Kier alpha value is -4.64. The number of allylic oxidation sites excluding steroid dienone is 1. The van der Waals surface area contributed by atoms with Crippen molar-refractivity contribution in [1.29, 1.82) is 0 Å². The molecule has 2 bridgehead atoms. The lowest BCUT2D eigenvalue weighted by atomic mass is 9.49. The van der Waals surface area contributed by atoms with E-state index in [1.54, 1.807) is 47.5 Å². The Bertz CT molecular complexity index is 1750. The van der Waals surface area contributed by atoms with Gasteiger partial charge in [-0.15, -0.1) is 0 Å². The van der Waals surface area contributed by atoms with Gasteiger partial charge in [0.05, 0.1) is 28.7 Å². The van der Waals surface area contributed by atoms with Crippen molar-refractivity contribution < 1.29 is 19.6 Å². The SMILES string of the molecule is CC1(C)C2C=C(C(c3ccccc3)[C@H](O)C3C=CC4C(=O)N(c5ccc(CN)cc5)C(=O)[C@H]4N3Nc3ccc([N+](=O)[O-])cc3)CC1C2. The number of nitro groups is 1. The van der Waals surface area contributed by atoms with E-state index in [4.69, 9.17) is 5.73 Å². The monoisotopic (exact) mass is 633 g/mol. The van der Waals surface area contributed by atoms with Crippen LogP contribution < -0.4 is 16.1 Å². The smallest absolute Gasteiger partial charge is 0.269 e. The van der Waals surface area contributed by atoms with Crippen LogP contribution in [0.25, 0.3) is 0 Å². The fourth-order valence-corrected chi connectivity index (χ4v) is 7.95. The molecule has 2 fully saturated rings. The molecule has 7 atom stereocenters. The molecule has 4 N–H and O–H groups in total. The summed E-state index contributed by atoms with van der Waals surface area (Å²) in [5, 5.41) is 25.5. The first-order valence-electron chi connectivity index (χ1n) is 16.2. The van der Waals surface area contributed by atoms with E-state index >= 15 is 0 Å². The average molecular weight is 634 g/mol. The Morgan fingerprint density at radius 1 is 1.00 bits per heavy atom. The first-order valence-corrected chi connectivity index (χ1v) is 16.2. The number of aliphatic hydroxyl groups is 1. The van der Waals surface area contributed by atoms with Gasteiger partial charge in [0.15, 0.2) is 0 Å². The number of aliphatic hydroxyl groups excluding tert-OH is 1. The zero-order chi connectivity index (χ0) is 33.0. The number of imide groups is 1. The van der Waals surface area contributed by atoms with Gasteiger partial charge < -0.3 is 16.3 Å². The zero-order valence-electron chi connectivity index (χ0n) is 26.4. The van der Waals surface area contributed by atoms with Crippen molar-refractivity contribution in [2.75, 3.05) is 10.3 Å². The molecule has 5 aliphatic rings. The molecule has 0 spiro atoms. The number of rotatable bonds is 9. The third kappa shape index (κ3) is 5.26. The molecule has 0 radical (unpaired) electrons. The predicted molar refractivity (Wildman–Crippen MR) is 179 cm³/mol.